The molecule has 204 valence electrons. The van der Waals surface area contributed by atoms with Crippen molar-refractivity contribution in [2.45, 2.75) is 26.5 Å². The monoisotopic (exact) mass is 656 g/mol. The van der Waals surface area contributed by atoms with Gasteiger partial charge in [0.05, 0.1) is 28.5 Å². The molecule has 2 heterocycles. The van der Waals surface area contributed by atoms with Crippen molar-refractivity contribution in [2.75, 3.05) is 6.61 Å². The van der Waals surface area contributed by atoms with Crippen molar-refractivity contribution in [2.24, 2.45) is 4.99 Å². The number of ether oxygens (including phenoxy) is 2. The van der Waals surface area contributed by atoms with Crippen LogP contribution in [-0.2, 0) is 16.1 Å². The van der Waals surface area contributed by atoms with Crippen LogP contribution in [0.1, 0.15) is 36.6 Å². The minimum atomic E-state index is -0.663. The fourth-order valence-electron chi connectivity index (χ4n) is 4.40. The molecule has 10 heteroatoms. The first-order valence-electron chi connectivity index (χ1n) is 12.4. The zero-order valence-electron chi connectivity index (χ0n) is 21.5. The number of carbonyl (C=O) groups is 1. The van der Waals surface area contributed by atoms with Crippen LogP contribution in [0, 0.1) is 0 Å². The zero-order chi connectivity index (χ0) is 28.4. The number of esters is 1. The fourth-order valence-corrected chi connectivity index (χ4v) is 6.17. The SMILES string of the molecule is CCOC(=O)C1=C(C)N=c2s/c(=C\c3cccc(OCc4ccc(Cl)cc4Cl)c3)c(=O)n2[C@@H]1c1ccc(Br)cc1. The largest absolute Gasteiger partial charge is 0.489 e. The van der Waals surface area contributed by atoms with E-state index in [0.29, 0.717) is 36.4 Å². The van der Waals surface area contributed by atoms with Crippen LogP contribution in [0.5, 0.6) is 5.75 Å². The molecule has 1 aliphatic rings. The molecule has 0 spiro atoms. The van der Waals surface area contributed by atoms with Gasteiger partial charge in [-0.25, -0.2) is 9.79 Å². The molecule has 0 fully saturated rings. The summed E-state index contributed by atoms with van der Waals surface area (Å²) in [6, 6.07) is 19.6. The quantitative estimate of drug-likeness (QED) is 0.214. The number of benzene rings is 3. The summed E-state index contributed by atoms with van der Waals surface area (Å²) in [5, 5.41) is 1.09. The summed E-state index contributed by atoms with van der Waals surface area (Å²) >= 11 is 17.0. The Morgan fingerprint density at radius 3 is 2.62 bits per heavy atom. The second-order valence-corrected chi connectivity index (χ2v) is 11.7. The number of fused-ring (bicyclic) bond motifs is 1. The van der Waals surface area contributed by atoms with Crippen molar-refractivity contribution in [1.82, 2.24) is 4.57 Å². The van der Waals surface area contributed by atoms with E-state index in [4.69, 9.17) is 32.7 Å². The van der Waals surface area contributed by atoms with Gasteiger partial charge >= 0.3 is 5.97 Å². The maximum Gasteiger partial charge on any atom is 0.338 e. The third-order valence-electron chi connectivity index (χ3n) is 6.27. The molecule has 0 saturated carbocycles. The van der Waals surface area contributed by atoms with Crippen molar-refractivity contribution in [3.8, 4) is 5.75 Å². The topological polar surface area (TPSA) is 69.9 Å². The number of halogens is 3. The molecule has 1 atom stereocenters. The van der Waals surface area contributed by atoms with E-state index in [-0.39, 0.29) is 18.8 Å². The van der Waals surface area contributed by atoms with E-state index in [1.807, 2.05) is 54.6 Å². The van der Waals surface area contributed by atoms with Crippen LogP contribution in [0.3, 0.4) is 0 Å². The van der Waals surface area contributed by atoms with E-state index < -0.39 is 12.0 Å². The van der Waals surface area contributed by atoms with Crippen molar-refractivity contribution in [3.05, 3.63) is 129 Å². The van der Waals surface area contributed by atoms with Crippen LogP contribution in [0.25, 0.3) is 6.08 Å². The number of carbonyl (C=O) groups excluding carboxylic acids is 1. The lowest BCUT2D eigenvalue weighted by atomic mass is 9.96. The zero-order valence-corrected chi connectivity index (χ0v) is 25.4. The van der Waals surface area contributed by atoms with Crippen molar-refractivity contribution < 1.29 is 14.3 Å². The maximum atomic E-state index is 13.8. The van der Waals surface area contributed by atoms with Gasteiger partial charge in [0.25, 0.3) is 5.56 Å². The number of allylic oxidation sites excluding steroid dienone is 1. The molecule has 1 aliphatic heterocycles. The highest BCUT2D eigenvalue weighted by Crippen LogP contribution is 2.31. The molecule has 40 heavy (non-hydrogen) atoms. The second-order valence-electron chi connectivity index (χ2n) is 8.95. The van der Waals surface area contributed by atoms with Gasteiger partial charge in [0, 0.05) is 20.1 Å². The number of hydrogen-bond donors (Lipinski definition) is 0. The summed E-state index contributed by atoms with van der Waals surface area (Å²) in [5.74, 6) is 0.136. The summed E-state index contributed by atoms with van der Waals surface area (Å²) in [6.45, 7) is 4.00. The molecule has 0 amide bonds. The Hall–Kier alpha value is -3.17. The standard InChI is InChI=1S/C30H23BrCl2N2O4S/c1-3-38-29(37)26-17(2)34-30-35(27(26)19-7-10-21(31)11-8-19)28(36)25(40-30)14-18-5-4-6-23(13-18)39-16-20-9-12-22(32)15-24(20)33/h4-15,27H,3,16H2,1-2H3/b25-14-/t27-/m1/s1. The predicted molar refractivity (Wildman–Crippen MR) is 162 cm³/mol. The van der Waals surface area contributed by atoms with Crippen LogP contribution in [0.15, 0.2) is 92.3 Å². The molecule has 0 saturated heterocycles. The Balaban J connectivity index is 1.53. The molecule has 0 radical (unpaired) electrons. The second kappa shape index (κ2) is 12.1. The third-order valence-corrected chi connectivity index (χ3v) is 8.37. The average molecular weight is 658 g/mol. The van der Waals surface area contributed by atoms with Crippen molar-refractivity contribution in [1.29, 1.82) is 0 Å². The molecule has 3 aromatic carbocycles. The molecule has 5 rings (SSSR count). The summed E-state index contributed by atoms with van der Waals surface area (Å²) in [5.41, 5.74) is 3.00. The summed E-state index contributed by atoms with van der Waals surface area (Å²) < 4.78 is 14.3. The summed E-state index contributed by atoms with van der Waals surface area (Å²) in [7, 11) is 0. The van der Waals surface area contributed by atoms with Gasteiger partial charge in [-0.05, 0) is 67.4 Å². The molecule has 1 aromatic heterocycles. The third kappa shape index (κ3) is 5.95. The number of aromatic nitrogens is 1. The smallest absolute Gasteiger partial charge is 0.338 e. The molecule has 4 aromatic rings. The van der Waals surface area contributed by atoms with Gasteiger partial charge in [0.2, 0.25) is 0 Å². The summed E-state index contributed by atoms with van der Waals surface area (Å²) in [4.78, 5) is 32.0. The van der Waals surface area contributed by atoms with E-state index in [1.165, 1.54) is 11.3 Å². The molecule has 6 nitrogen and oxygen atoms in total. The van der Waals surface area contributed by atoms with Gasteiger partial charge in [0.15, 0.2) is 4.80 Å². The van der Waals surface area contributed by atoms with Gasteiger partial charge in [-0.1, -0.05) is 80.8 Å². The van der Waals surface area contributed by atoms with E-state index in [9.17, 15) is 9.59 Å². The molecular formula is C30H23BrCl2N2O4S. The Morgan fingerprint density at radius 1 is 1.12 bits per heavy atom. The molecule has 0 aliphatic carbocycles. The van der Waals surface area contributed by atoms with Crippen LogP contribution in [0.2, 0.25) is 10.0 Å². The van der Waals surface area contributed by atoms with Gasteiger partial charge in [-0.15, -0.1) is 0 Å². The van der Waals surface area contributed by atoms with E-state index in [2.05, 4.69) is 20.9 Å². The highest BCUT2D eigenvalue weighted by molar-refractivity contribution is 9.10. The van der Waals surface area contributed by atoms with Gasteiger partial charge in [0.1, 0.15) is 12.4 Å². The summed E-state index contributed by atoms with van der Waals surface area (Å²) in [6.07, 6.45) is 1.80. The Labute approximate surface area is 252 Å². The van der Waals surface area contributed by atoms with Crippen molar-refractivity contribution in [3.63, 3.8) is 0 Å². The minimum absolute atomic E-state index is 0.218. The first-order chi connectivity index (χ1) is 19.2. The molecular weight excluding hydrogens is 635 g/mol. The Morgan fingerprint density at radius 2 is 1.90 bits per heavy atom. The molecule has 0 unspecified atom stereocenters. The number of nitrogens with zero attached hydrogens (tertiary/aromatic N) is 2. The van der Waals surface area contributed by atoms with Crippen molar-refractivity contribution >= 4 is 62.5 Å². The van der Waals surface area contributed by atoms with E-state index >= 15 is 0 Å². The highest BCUT2D eigenvalue weighted by atomic mass is 79.9. The van der Waals surface area contributed by atoms with Gasteiger partial charge in [-0.2, -0.15) is 0 Å². The lowest BCUT2D eigenvalue weighted by molar-refractivity contribution is -0.139. The normalized spacial score (nSPS) is 15.0. The average Bonchev–Trinajstić information content (AvgIpc) is 3.22. The number of thiazole rings is 1. The van der Waals surface area contributed by atoms with Crippen LogP contribution >= 0.6 is 50.5 Å². The first-order valence-corrected chi connectivity index (χ1v) is 14.7. The highest BCUT2D eigenvalue weighted by Gasteiger charge is 2.33. The Bertz CT molecular complexity index is 1810. The van der Waals surface area contributed by atoms with E-state index in [1.54, 1.807) is 36.6 Å². The minimum Gasteiger partial charge on any atom is -0.489 e. The molecule has 0 bridgehead atoms. The van der Waals surface area contributed by atoms with Gasteiger partial charge in [-0.3, -0.25) is 9.36 Å². The van der Waals surface area contributed by atoms with Crippen LogP contribution < -0.4 is 19.6 Å². The lowest BCUT2D eigenvalue weighted by Crippen LogP contribution is -2.39. The number of hydrogen-bond acceptors (Lipinski definition) is 6. The fraction of sp³-hybridized carbons (Fsp3) is 0.167. The number of rotatable bonds is 7. The van der Waals surface area contributed by atoms with Crippen LogP contribution in [0.4, 0.5) is 0 Å². The van der Waals surface area contributed by atoms with E-state index in [0.717, 1.165) is 21.2 Å². The lowest BCUT2D eigenvalue weighted by Gasteiger charge is -2.24. The predicted octanol–water partition coefficient (Wildman–Crippen LogP) is 6.45. The maximum absolute atomic E-state index is 13.8. The molecule has 0 N–H and O–H groups in total. The first kappa shape index (κ1) is 28.4. The Kier molecular flexibility index (Phi) is 8.61. The van der Waals surface area contributed by atoms with Crippen LogP contribution in [-0.4, -0.2) is 17.1 Å². The van der Waals surface area contributed by atoms with Gasteiger partial charge < -0.3 is 9.47 Å².